The third-order valence-electron chi connectivity index (χ3n) is 4.27. The van der Waals surface area contributed by atoms with Crippen molar-refractivity contribution in [2.24, 2.45) is 0 Å². The summed E-state index contributed by atoms with van der Waals surface area (Å²) in [5.74, 6) is -0.757. The molecule has 0 aromatic heterocycles. The standard InChI is InChI=1S/C17H23ClN2O4S/c18-15-8-4-3-7-14(15)17(22)20-11-10-19-16(21)9-12-25(23,24)13-5-1-2-6-13/h3-4,7-8,13H,1-2,5-6,9-12H2,(H,19,21)(H,20,22). The van der Waals surface area contributed by atoms with Crippen LogP contribution < -0.4 is 10.6 Å². The molecule has 1 aromatic carbocycles. The van der Waals surface area contributed by atoms with Gasteiger partial charge in [0.25, 0.3) is 5.91 Å². The van der Waals surface area contributed by atoms with Crippen LogP contribution in [0, 0.1) is 0 Å². The number of hydrogen-bond acceptors (Lipinski definition) is 4. The summed E-state index contributed by atoms with van der Waals surface area (Å²) in [6.07, 6.45) is 3.26. The Bertz CT molecular complexity index is 715. The molecule has 0 radical (unpaired) electrons. The average Bonchev–Trinajstić information content (AvgIpc) is 3.13. The van der Waals surface area contributed by atoms with Crippen molar-refractivity contribution in [3.05, 3.63) is 34.9 Å². The van der Waals surface area contributed by atoms with Gasteiger partial charge in [0.05, 0.1) is 21.6 Å². The smallest absolute Gasteiger partial charge is 0.252 e. The van der Waals surface area contributed by atoms with Crippen molar-refractivity contribution in [3.8, 4) is 0 Å². The summed E-state index contributed by atoms with van der Waals surface area (Å²) in [4.78, 5) is 23.7. The van der Waals surface area contributed by atoms with Crippen LogP contribution in [0.15, 0.2) is 24.3 Å². The normalized spacial score (nSPS) is 15.1. The molecule has 8 heteroatoms. The average molecular weight is 387 g/mol. The minimum atomic E-state index is -3.19. The topological polar surface area (TPSA) is 92.3 Å². The molecule has 0 saturated heterocycles. The first-order valence-corrected chi connectivity index (χ1v) is 10.5. The van der Waals surface area contributed by atoms with E-state index in [0.717, 1.165) is 12.8 Å². The molecule has 0 bridgehead atoms. The van der Waals surface area contributed by atoms with E-state index < -0.39 is 9.84 Å². The van der Waals surface area contributed by atoms with Gasteiger partial charge in [0.2, 0.25) is 5.91 Å². The van der Waals surface area contributed by atoms with Crippen LogP contribution >= 0.6 is 11.6 Å². The molecule has 2 rings (SSSR count). The number of rotatable bonds is 8. The van der Waals surface area contributed by atoms with E-state index in [1.54, 1.807) is 24.3 Å². The number of carbonyl (C=O) groups excluding carboxylic acids is 2. The Morgan fingerprint density at radius 1 is 1.08 bits per heavy atom. The van der Waals surface area contributed by atoms with E-state index in [1.165, 1.54) is 0 Å². The van der Waals surface area contributed by atoms with E-state index >= 15 is 0 Å². The summed E-state index contributed by atoms with van der Waals surface area (Å²) >= 11 is 5.93. The van der Waals surface area contributed by atoms with Crippen molar-refractivity contribution >= 4 is 33.3 Å². The molecule has 1 aliphatic rings. The molecule has 2 N–H and O–H groups in total. The van der Waals surface area contributed by atoms with Gasteiger partial charge in [0.1, 0.15) is 0 Å². The zero-order valence-electron chi connectivity index (χ0n) is 14.0. The predicted octanol–water partition coefficient (Wildman–Crippen LogP) is 1.93. The first-order chi connectivity index (χ1) is 11.9. The van der Waals surface area contributed by atoms with Gasteiger partial charge in [-0.3, -0.25) is 9.59 Å². The molecule has 1 aromatic rings. The number of nitrogens with one attached hydrogen (secondary N) is 2. The zero-order valence-corrected chi connectivity index (χ0v) is 15.5. The number of hydrogen-bond donors (Lipinski definition) is 2. The van der Waals surface area contributed by atoms with E-state index in [2.05, 4.69) is 10.6 Å². The van der Waals surface area contributed by atoms with Crippen molar-refractivity contribution in [2.75, 3.05) is 18.8 Å². The van der Waals surface area contributed by atoms with Gasteiger partial charge in [0.15, 0.2) is 9.84 Å². The number of halogens is 1. The van der Waals surface area contributed by atoms with Crippen molar-refractivity contribution in [3.63, 3.8) is 0 Å². The summed E-state index contributed by atoms with van der Waals surface area (Å²) in [5, 5.41) is 5.35. The fourth-order valence-electron chi connectivity index (χ4n) is 2.86. The molecule has 138 valence electrons. The Morgan fingerprint density at radius 3 is 2.40 bits per heavy atom. The summed E-state index contributed by atoms with van der Waals surface area (Å²) in [6, 6.07) is 6.69. The van der Waals surface area contributed by atoms with Crippen LogP contribution in [0.4, 0.5) is 0 Å². The first kappa shape index (κ1) is 19.7. The Kier molecular flexibility index (Phi) is 7.25. The van der Waals surface area contributed by atoms with Crippen LogP contribution in [0.3, 0.4) is 0 Å². The van der Waals surface area contributed by atoms with Gasteiger partial charge < -0.3 is 10.6 Å². The molecule has 0 heterocycles. The molecule has 25 heavy (non-hydrogen) atoms. The molecule has 0 spiro atoms. The van der Waals surface area contributed by atoms with E-state index in [9.17, 15) is 18.0 Å². The lowest BCUT2D eigenvalue weighted by atomic mass is 10.2. The number of sulfone groups is 1. The van der Waals surface area contributed by atoms with Crippen LogP contribution in [-0.2, 0) is 14.6 Å². The van der Waals surface area contributed by atoms with E-state index in [1.807, 2.05) is 0 Å². The Labute approximate surface area is 153 Å². The van der Waals surface area contributed by atoms with Crippen molar-refractivity contribution in [2.45, 2.75) is 37.4 Å². The van der Waals surface area contributed by atoms with Gasteiger partial charge in [-0.2, -0.15) is 0 Å². The molecule has 0 atom stereocenters. The van der Waals surface area contributed by atoms with E-state index in [-0.39, 0.29) is 42.3 Å². The fraction of sp³-hybridized carbons (Fsp3) is 0.529. The molecule has 0 unspecified atom stereocenters. The molecule has 2 amide bonds. The highest BCUT2D eigenvalue weighted by Gasteiger charge is 2.28. The third kappa shape index (κ3) is 6.01. The quantitative estimate of drug-likeness (QED) is 0.668. The minimum absolute atomic E-state index is 0.0444. The highest BCUT2D eigenvalue weighted by molar-refractivity contribution is 7.92. The second-order valence-corrected chi connectivity index (χ2v) is 8.92. The summed E-state index contributed by atoms with van der Waals surface area (Å²) < 4.78 is 24.2. The lowest BCUT2D eigenvalue weighted by Gasteiger charge is -2.11. The second-order valence-electron chi connectivity index (χ2n) is 6.11. The number of benzene rings is 1. The lowest BCUT2D eigenvalue weighted by Crippen LogP contribution is -2.35. The maximum absolute atomic E-state index is 12.1. The van der Waals surface area contributed by atoms with Crippen LogP contribution in [0.25, 0.3) is 0 Å². The van der Waals surface area contributed by atoms with Crippen LogP contribution in [0.1, 0.15) is 42.5 Å². The van der Waals surface area contributed by atoms with Crippen LogP contribution in [0.2, 0.25) is 5.02 Å². The predicted molar refractivity (Wildman–Crippen MR) is 97.5 cm³/mol. The molecule has 1 saturated carbocycles. The summed E-state index contributed by atoms with van der Waals surface area (Å²) in [5.41, 5.74) is 0.373. The third-order valence-corrected chi connectivity index (χ3v) is 6.86. The Morgan fingerprint density at radius 2 is 1.72 bits per heavy atom. The maximum atomic E-state index is 12.1. The van der Waals surface area contributed by atoms with Crippen molar-refractivity contribution in [1.29, 1.82) is 0 Å². The zero-order chi connectivity index (χ0) is 18.3. The maximum Gasteiger partial charge on any atom is 0.252 e. The minimum Gasteiger partial charge on any atom is -0.354 e. The van der Waals surface area contributed by atoms with Crippen molar-refractivity contribution in [1.82, 2.24) is 10.6 Å². The summed E-state index contributed by atoms with van der Waals surface area (Å²) in [6.45, 7) is 0.476. The number of carbonyl (C=O) groups is 2. The highest BCUT2D eigenvalue weighted by Crippen LogP contribution is 2.25. The molecular weight excluding hydrogens is 364 g/mol. The van der Waals surface area contributed by atoms with Gasteiger partial charge in [-0.25, -0.2) is 8.42 Å². The Hall–Kier alpha value is -1.60. The van der Waals surface area contributed by atoms with Crippen LogP contribution in [0.5, 0.6) is 0 Å². The van der Waals surface area contributed by atoms with E-state index in [4.69, 9.17) is 11.6 Å². The Balaban J connectivity index is 1.65. The van der Waals surface area contributed by atoms with Gasteiger partial charge in [-0.1, -0.05) is 36.6 Å². The first-order valence-electron chi connectivity index (χ1n) is 8.41. The van der Waals surface area contributed by atoms with Crippen molar-refractivity contribution < 1.29 is 18.0 Å². The van der Waals surface area contributed by atoms with E-state index in [0.29, 0.717) is 23.4 Å². The van der Waals surface area contributed by atoms with Gasteiger partial charge in [-0.05, 0) is 25.0 Å². The summed E-state index contributed by atoms with van der Waals surface area (Å²) in [7, 11) is -3.19. The van der Waals surface area contributed by atoms with Gasteiger partial charge >= 0.3 is 0 Å². The second kappa shape index (κ2) is 9.20. The van der Waals surface area contributed by atoms with Gasteiger partial charge in [-0.15, -0.1) is 0 Å². The highest BCUT2D eigenvalue weighted by atomic mass is 35.5. The number of amides is 2. The monoisotopic (exact) mass is 386 g/mol. The van der Waals surface area contributed by atoms with Crippen LogP contribution in [-0.4, -0.2) is 44.3 Å². The molecule has 1 aliphatic carbocycles. The molecular formula is C17H23ClN2O4S. The molecule has 0 aliphatic heterocycles. The largest absolute Gasteiger partial charge is 0.354 e. The molecule has 6 nitrogen and oxygen atoms in total. The fourth-order valence-corrected chi connectivity index (χ4v) is 4.93. The lowest BCUT2D eigenvalue weighted by molar-refractivity contribution is -0.120. The molecule has 1 fully saturated rings. The van der Waals surface area contributed by atoms with Gasteiger partial charge in [0, 0.05) is 19.5 Å². The SMILES string of the molecule is O=C(CCS(=O)(=O)C1CCCC1)NCCNC(=O)c1ccccc1Cl.